The van der Waals surface area contributed by atoms with Gasteiger partial charge in [0, 0.05) is 11.1 Å². The van der Waals surface area contributed by atoms with Crippen LogP contribution in [-0.4, -0.2) is 55.8 Å². The Kier molecular flexibility index (Phi) is 4.53. The van der Waals surface area contributed by atoms with Gasteiger partial charge in [0.25, 0.3) is 0 Å². The van der Waals surface area contributed by atoms with Gasteiger partial charge in [-0.15, -0.1) is 16.4 Å². The van der Waals surface area contributed by atoms with Crippen molar-refractivity contribution in [1.29, 1.82) is 0 Å². The van der Waals surface area contributed by atoms with Gasteiger partial charge in [-0.3, -0.25) is 14.6 Å². The van der Waals surface area contributed by atoms with Crippen LogP contribution in [0.2, 0.25) is 0 Å². The van der Waals surface area contributed by atoms with E-state index in [0.717, 1.165) is 22.0 Å². The zero-order valence-corrected chi connectivity index (χ0v) is 21.0. The third kappa shape index (κ3) is 2.91. The number of carbonyl (C=O) groups is 2. The Labute approximate surface area is 221 Å². The van der Waals surface area contributed by atoms with E-state index >= 15 is 0 Å². The Morgan fingerprint density at radius 3 is 2.21 bits per heavy atom. The van der Waals surface area contributed by atoms with E-state index in [-0.39, 0.29) is 23.8 Å². The number of aryl methyl sites for hydroxylation is 1. The van der Waals surface area contributed by atoms with Crippen molar-refractivity contribution >= 4 is 39.7 Å². The summed E-state index contributed by atoms with van der Waals surface area (Å²) in [7, 11) is 0. The number of imide groups is 1. The zero-order chi connectivity index (χ0) is 25.5. The average Bonchev–Trinajstić information content (AvgIpc) is 3.77. The molecule has 0 saturated carbocycles. The molecule has 2 aromatic carbocycles. The van der Waals surface area contributed by atoms with Crippen molar-refractivity contribution in [3.05, 3.63) is 83.6 Å². The number of thiazole rings is 1. The fourth-order valence-corrected chi connectivity index (χ4v) is 7.12. The van der Waals surface area contributed by atoms with E-state index < -0.39 is 24.0 Å². The highest BCUT2D eigenvalue weighted by atomic mass is 32.1. The molecular weight excluding hydrogens is 502 g/mol. The lowest BCUT2D eigenvalue weighted by Gasteiger charge is -2.32. The van der Waals surface area contributed by atoms with E-state index in [0.29, 0.717) is 10.8 Å². The van der Waals surface area contributed by atoms with Gasteiger partial charge in [-0.2, -0.15) is 15.0 Å². The van der Waals surface area contributed by atoms with Gasteiger partial charge >= 0.3 is 0 Å². The maximum atomic E-state index is 13.7. The zero-order valence-electron chi connectivity index (χ0n) is 20.2. The number of rotatable bonds is 4. The summed E-state index contributed by atoms with van der Waals surface area (Å²) in [5.74, 6) is -1.87. The lowest BCUT2D eigenvalue weighted by Crippen LogP contribution is -2.50. The largest absolute Gasteiger partial charge is 0.370 e. The quantitative estimate of drug-likeness (QED) is 0.379. The number of hydrogen-bond donors (Lipinski definition) is 0. The Balaban J connectivity index is 1.21. The number of nitrogens with zero attached hydrogens (tertiary/aromatic N) is 7. The Morgan fingerprint density at radius 2 is 1.53 bits per heavy atom. The monoisotopic (exact) mass is 523 g/mol. The van der Waals surface area contributed by atoms with Crippen LogP contribution in [0.4, 0.5) is 10.8 Å². The van der Waals surface area contributed by atoms with E-state index in [9.17, 15) is 9.59 Å². The number of hydrogen-bond acceptors (Lipinski definition) is 9. The van der Waals surface area contributed by atoms with Crippen molar-refractivity contribution in [2.24, 2.45) is 22.9 Å². The van der Waals surface area contributed by atoms with Crippen molar-refractivity contribution in [3.63, 3.8) is 0 Å². The van der Waals surface area contributed by atoms with Crippen molar-refractivity contribution < 1.29 is 14.3 Å². The first-order chi connectivity index (χ1) is 18.6. The van der Waals surface area contributed by atoms with Gasteiger partial charge in [0.1, 0.15) is 5.69 Å². The minimum absolute atomic E-state index is 0.239. The number of ether oxygens (including phenoxy) is 1. The summed E-state index contributed by atoms with van der Waals surface area (Å²) in [6.45, 7) is 1.91. The maximum absolute atomic E-state index is 13.7. The highest BCUT2D eigenvalue weighted by molar-refractivity contribution is 7.16. The first-order valence-electron chi connectivity index (χ1n) is 12.5. The fourth-order valence-electron chi connectivity index (χ4n) is 6.35. The summed E-state index contributed by atoms with van der Waals surface area (Å²) in [5.41, 5.74) is 3.07. The summed E-state index contributed by atoms with van der Waals surface area (Å²) in [4.78, 5) is 35.4. The van der Waals surface area contributed by atoms with Crippen molar-refractivity contribution in [2.75, 3.05) is 9.91 Å². The maximum Gasteiger partial charge on any atom is 0.242 e. The molecule has 38 heavy (non-hydrogen) atoms. The van der Waals surface area contributed by atoms with Gasteiger partial charge in [-0.05, 0) is 31.2 Å². The van der Waals surface area contributed by atoms with Crippen LogP contribution in [0.15, 0.2) is 78.2 Å². The second-order valence-corrected chi connectivity index (χ2v) is 11.1. The molecule has 6 heterocycles. The SMILES string of the molecule is Cc1cnc(N2C(=O)C3C4OC(C3C2=O)C2C4C(c3cnn(-c4ccccc4)n3)=NN2c2ccccc2)s1. The summed E-state index contributed by atoms with van der Waals surface area (Å²) in [6.07, 6.45) is 2.41. The molecule has 0 spiro atoms. The number of para-hydroxylation sites is 2. The Morgan fingerprint density at radius 1 is 0.842 bits per heavy atom. The fraction of sp³-hybridized carbons (Fsp3) is 0.259. The van der Waals surface area contributed by atoms with Gasteiger partial charge in [-0.1, -0.05) is 36.4 Å². The second kappa shape index (κ2) is 7.89. The Hall–Kier alpha value is -4.22. The molecule has 11 heteroatoms. The standard InChI is InChI=1S/C27H21N7O3S/c1-14-12-28-27(38-14)32-25(35)18-19(26(32)36)24-22-20(23(18)37-24)21(31-33(22)15-8-4-2-5-9-15)17-13-29-34(30-17)16-10-6-3-7-11-16/h2-13,18-20,22-24H,1H3. The molecule has 4 aliphatic rings. The summed E-state index contributed by atoms with van der Waals surface area (Å²) < 4.78 is 6.47. The van der Waals surface area contributed by atoms with E-state index in [1.165, 1.54) is 16.2 Å². The Bertz CT molecular complexity index is 1620. The highest BCUT2D eigenvalue weighted by Gasteiger charge is 2.72. The third-order valence-electron chi connectivity index (χ3n) is 7.85. The molecule has 0 aliphatic carbocycles. The number of anilines is 2. The normalized spacial score (nSPS) is 29.2. The molecule has 10 nitrogen and oxygen atoms in total. The molecule has 3 saturated heterocycles. The first-order valence-corrected chi connectivity index (χ1v) is 13.3. The molecule has 2 amide bonds. The van der Waals surface area contributed by atoms with Crippen LogP contribution in [0.1, 0.15) is 10.6 Å². The molecule has 0 N–H and O–H groups in total. The van der Waals surface area contributed by atoms with Crippen LogP contribution in [0.25, 0.3) is 5.69 Å². The minimum Gasteiger partial charge on any atom is -0.370 e. The van der Waals surface area contributed by atoms with Crippen LogP contribution < -0.4 is 9.91 Å². The predicted molar refractivity (Wildman–Crippen MR) is 139 cm³/mol. The molecule has 2 aromatic heterocycles. The molecule has 188 valence electrons. The van der Waals surface area contributed by atoms with Crippen molar-refractivity contribution in [1.82, 2.24) is 20.0 Å². The molecular formula is C27H21N7O3S. The van der Waals surface area contributed by atoms with Crippen LogP contribution in [0.3, 0.4) is 0 Å². The average molecular weight is 524 g/mol. The molecule has 0 radical (unpaired) electrons. The van der Waals surface area contributed by atoms with Crippen LogP contribution in [0, 0.1) is 24.7 Å². The number of hydrazone groups is 1. The molecule has 4 aliphatic heterocycles. The molecule has 6 unspecified atom stereocenters. The molecule has 4 aromatic rings. The third-order valence-corrected chi connectivity index (χ3v) is 8.75. The summed E-state index contributed by atoms with van der Waals surface area (Å²) in [6, 6.07) is 19.3. The van der Waals surface area contributed by atoms with E-state index in [2.05, 4.69) is 10.1 Å². The van der Waals surface area contributed by atoms with Crippen molar-refractivity contribution in [2.45, 2.75) is 25.2 Å². The lowest BCUT2D eigenvalue weighted by atomic mass is 9.70. The van der Waals surface area contributed by atoms with Crippen LogP contribution in [0.5, 0.6) is 0 Å². The van der Waals surface area contributed by atoms with Crippen LogP contribution >= 0.6 is 11.3 Å². The summed E-state index contributed by atoms with van der Waals surface area (Å²) in [5, 5.41) is 16.6. The number of amides is 2. The number of aromatic nitrogens is 4. The smallest absolute Gasteiger partial charge is 0.242 e. The minimum atomic E-state index is -0.581. The second-order valence-electron chi connectivity index (χ2n) is 9.92. The molecule has 2 bridgehead atoms. The summed E-state index contributed by atoms with van der Waals surface area (Å²) >= 11 is 1.35. The molecule has 6 atom stereocenters. The molecule has 8 rings (SSSR count). The van der Waals surface area contributed by atoms with E-state index in [1.807, 2.05) is 72.6 Å². The van der Waals surface area contributed by atoms with Gasteiger partial charge in [0.05, 0.1) is 59.3 Å². The van der Waals surface area contributed by atoms with Crippen LogP contribution in [-0.2, 0) is 14.3 Å². The molecule has 3 fully saturated rings. The highest BCUT2D eigenvalue weighted by Crippen LogP contribution is 2.56. The van der Waals surface area contributed by atoms with Gasteiger partial charge in [-0.25, -0.2) is 9.88 Å². The van der Waals surface area contributed by atoms with Gasteiger partial charge < -0.3 is 4.74 Å². The lowest BCUT2D eigenvalue weighted by molar-refractivity contribution is -0.125. The van der Waals surface area contributed by atoms with E-state index in [1.54, 1.807) is 17.2 Å². The van der Waals surface area contributed by atoms with Gasteiger partial charge in [0.15, 0.2) is 5.13 Å². The number of benzene rings is 2. The predicted octanol–water partition coefficient (Wildman–Crippen LogP) is 2.83. The topological polar surface area (TPSA) is 106 Å². The number of fused-ring (bicyclic) bond motifs is 8. The van der Waals surface area contributed by atoms with E-state index in [4.69, 9.17) is 14.9 Å². The van der Waals surface area contributed by atoms with Gasteiger partial charge in [0.2, 0.25) is 11.8 Å². The number of carbonyl (C=O) groups excluding carboxylic acids is 2. The first kappa shape index (κ1) is 21.8. The van der Waals surface area contributed by atoms with Crippen molar-refractivity contribution in [3.8, 4) is 5.69 Å².